The first kappa shape index (κ1) is 18.0. The first-order valence-corrected chi connectivity index (χ1v) is 10.5. The Morgan fingerprint density at radius 3 is 2.59 bits per heavy atom. The fourth-order valence-corrected chi connectivity index (χ4v) is 5.16. The minimum Gasteiger partial charge on any atom is -0.368 e. The fourth-order valence-electron chi connectivity index (χ4n) is 3.78. The number of piperidine rings is 1. The molecule has 2 N–H and O–H groups in total. The molecule has 2 aliphatic rings. The number of fused-ring (bicyclic) bond motifs is 1. The molecule has 1 fully saturated rings. The standard InChI is InChI=1S/C18H23N5O3S/c1-12-14(11-19-22(12)2)18(24)23-9-7-13(8-10-23)17-20-15-5-3-4-6-16(15)27(25,26)21-17/h3-6,11,13,17,20-21H,7-10H2,1-2H3/t17-/m0/s1. The topological polar surface area (TPSA) is 96.3 Å². The molecule has 1 atom stereocenters. The molecule has 0 aliphatic carbocycles. The van der Waals surface area contributed by atoms with Crippen molar-refractivity contribution < 1.29 is 13.2 Å². The Kier molecular flexibility index (Phi) is 4.43. The van der Waals surface area contributed by atoms with E-state index in [2.05, 4.69) is 15.1 Å². The molecule has 1 aromatic heterocycles. The Morgan fingerprint density at radius 1 is 1.22 bits per heavy atom. The molecule has 1 saturated heterocycles. The van der Waals surface area contributed by atoms with E-state index in [1.165, 1.54) is 0 Å². The number of benzene rings is 1. The summed E-state index contributed by atoms with van der Waals surface area (Å²) in [5, 5.41) is 7.44. The number of rotatable bonds is 2. The lowest BCUT2D eigenvalue weighted by Crippen LogP contribution is -2.52. The summed E-state index contributed by atoms with van der Waals surface area (Å²) in [6.45, 7) is 3.07. The Morgan fingerprint density at radius 2 is 1.93 bits per heavy atom. The minimum atomic E-state index is -3.52. The quantitative estimate of drug-likeness (QED) is 0.807. The Balaban J connectivity index is 1.44. The highest BCUT2D eigenvalue weighted by molar-refractivity contribution is 7.89. The second-order valence-electron chi connectivity index (χ2n) is 7.14. The van der Waals surface area contributed by atoms with Crippen LogP contribution in [0.25, 0.3) is 0 Å². The maximum atomic E-state index is 12.7. The molecule has 1 amide bonds. The highest BCUT2D eigenvalue weighted by atomic mass is 32.2. The van der Waals surface area contributed by atoms with Gasteiger partial charge in [-0.25, -0.2) is 8.42 Å². The molecule has 0 radical (unpaired) electrons. The predicted octanol–water partition coefficient (Wildman–Crippen LogP) is 1.31. The fraction of sp³-hybridized carbons (Fsp3) is 0.444. The number of carbonyl (C=O) groups is 1. The molecular formula is C18H23N5O3S. The van der Waals surface area contributed by atoms with Crippen LogP contribution in [0.3, 0.4) is 0 Å². The number of sulfonamides is 1. The number of para-hydroxylation sites is 1. The smallest absolute Gasteiger partial charge is 0.257 e. The summed E-state index contributed by atoms with van der Waals surface area (Å²) in [6, 6.07) is 6.91. The Labute approximate surface area is 158 Å². The normalized spacial score (nSPS) is 22.1. The van der Waals surface area contributed by atoms with Crippen molar-refractivity contribution in [3.63, 3.8) is 0 Å². The Bertz CT molecular complexity index is 977. The highest BCUT2D eigenvalue weighted by Crippen LogP contribution is 2.31. The third-order valence-corrected chi connectivity index (χ3v) is 7.03. The van der Waals surface area contributed by atoms with Crippen molar-refractivity contribution in [2.24, 2.45) is 13.0 Å². The second kappa shape index (κ2) is 6.65. The van der Waals surface area contributed by atoms with E-state index in [-0.39, 0.29) is 22.9 Å². The summed E-state index contributed by atoms with van der Waals surface area (Å²) in [5.74, 6) is 0.105. The summed E-state index contributed by atoms with van der Waals surface area (Å²) in [4.78, 5) is 14.8. The number of amides is 1. The van der Waals surface area contributed by atoms with Crippen molar-refractivity contribution in [1.29, 1.82) is 0 Å². The molecule has 2 aromatic rings. The molecule has 0 unspecified atom stereocenters. The van der Waals surface area contributed by atoms with Gasteiger partial charge in [0.2, 0.25) is 10.0 Å². The van der Waals surface area contributed by atoms with Crippen molar-refractivity contribution in [1.82, 2.24) is 19.4 Å². The monoisotopic (exact) mass is 389 g/mol. The van der Waals surface area contributed by atoms with Crippen LogP contribution in [0.2, 0.25) is 0 Å². The number of hydrogen-bond acceptors (Lipinski definition) is 5. The van der Waals surface area contributed by atoms with Gasteiger partial charge in [-0.05, 0) is 37.8 Å². The molecule has 0 spiro atoms. The van der Waals surface area contributed by atoms with Crippen LogP contribution in [0.5, 0.6) is 0 Å². The molecule has 9 heteroatoms. The molecule has 0 saturated carbocycles. The zero-order valence-electron chi connectivity index (χ0n) is 15.3. The van der Waals surface area contributed by atoms with Crippen LogP contribution in [-0.2, 0) is 17.1 Å². The van der Waals surface area contributed by atoms with Crippen LogP contribution in [0.15, 0.2) is 35.4 Å². The molecular weight excluding hydrogens is 366 g/mol. The number of carbonyl (C=O) groups excluding carboxylic acids is 1. The number of aromatic nitrogens is 2. The molecule has 8 nitrogen and oxygen atoms in total. The van der Waals surface area contributed by atoms with Crippen molar-refractivity contribution in [3.05, 3.63) is 41.7 Å². The van der Waals surface area contributed by atoms with Gasteiger partial charge < -0.3 is 10.2 Å². The average molecular weight is 389 g/mol. The van der Waals surface area contributed by atoms with E-state index in [4.69, 9.17) is 0 Å². The van der Waals surface area contributed by atoms with Gasteiger partial charge in [0, 0.05) is 25.8 Å². The first-order chi connectivity index (χ1) is 12.9. The van der Waals surface area contributed by atoms with E-state index in [0.717, 1.165) is 18.5 Å². The van der Waals surface area contributed by atoms with Gasteiger partial charge in [-0.3, -0.25) is 9.48 Å². The van der Waals surface area contributed by atoms with Crippen molar-refractivity contribution in [3.8, 4) is 0 Å². The maximum absolute atomic E-state index is 12.7. The van der Waals surface area contributed by atoms with Crippen molar-refractivity contribution in [2.45, 2.75) is 30.8 Å². The Hall–Kier alpha value is -2.39. The maximum Gasteiger partial charge on any atom is 0.257 e. The summed E-state index contributed by atoms with van der Waals surface area (Å²) in [7, 11) is -1.70. The summed E-state index contributed by atoms with van der Waals surface area (Å²) < 4.78 is 29.4. The lowest BCUT2D eigenvalue weighted by Gasteiger charge is -2.38. The average Bonchev–Trinajstić information content (AvgIpc) is 2.99. The van der Waals surface area contributed by atoms with E-state index in [1.54, 1.807) is 29.1 Å². The third kappa shape index (κ3) is 3.21. The third-order valence-electron chi connectivity index (χ3n) is 5.53. The number of nitrogens with zero attached hydrogens (tertiary/aromatic N) is 3. The second-order valence-corrected chi connectivity index (χ2v) is 8.82. The summed E-state index contributed by atoms with van der Waals surface area (Å²) in [5.41, 5.74) is 2.10. The molecule has 3 heterocycles. The van der Waals surface area contributed by atoms with E-state index in [1.807, 2.05) is 24.9 Å². The lowest BCUT2D eigenvalue weighted by atomic mass is 9.93. The van der Waals surface area contributed by atoms with Crippen LogP contribution in [0.4, 0.5) is 5.69 Å². The van der Waals surface area contributed by atoms with Crippen molar-refractivity contribution >= 4 is 21.6 Å². The number of anilines is 1. The number of aryl methyl sites for hydroxylation is 1. The zero-order valence-corrected chi connectivity index (χ0v) is 16.2. The van der Waals surface area contributed by atoms with E-state index >= 15 is 0 Å². The zero-order chi connectivity index (χ0) is 19.2. The van der Waals surface area contributed by atoms with Gasteiger partial charge in [-0.15, -0.1) is 0 Å². The van der Waals surface area contributed by atoms with Crippen molar-refractivity contribution in [2.75, 3.05) is 18.4 Å². The van der Waals surface area contributed by atoms with E-state index in [0.29, 0.717) is 24.3 Å². The van der Waals surface area contributed by atoms with Gasteiger partial charge in [0.05, 0.1) is 23.6 Å². The molecule has 0 bridgehead atoms. The SMILES string of the molecule is Cc1c(C(=O)N2CCC([C@H]3Nc4ccccc4S(=O)(=O)N3)CC2)cnn1C. The predicted molar refractivity (Wildman–Crippen MR) is 101 cm³/mol. The molecule has 27 heavy (non-hydrogen) atoms. The number of likely N-dealkylation sites (tertiary alicyclic amines) is 1. The van der Waals surface area contributed by atoms with Crippen LogP contribution in [-0.4, -0.2) is 48.3 Å². The largest absolute Gasteiger partial charge is 0.368 e. The molecule has 1 aromatic carbocycles. The van der Waals surface area contributed by atoms with Gasteiger partial charge in [0.1, 0.15) is 4.90 Å². The molecule has 144 valence electrons. The van der Waals surface area contributed by atoms with Gasteiger partial charge in [0.15, 0.2) is 0 Å². The van der Waals surface area contributed by atoms with Crippen LogP contribution >= 0.6 is 0 Å². The summed E-state index contributed by atoms with van der Waals surface area (Å²) >= 11 is 0. The highest BCUT2D eigenvalue weighted by Gasteiger charge is 2.36. The van der Waals surface area contributed by atoms with Crippen LogP contribution in [0.1, 0.15) is 28.9 Å². The molecule has 4 rings (SSSR count). The van der Waals surface area contributed by atoms with Gasteiger partial charge >= 0.3 is 0 Å². The molecule has 2 aliphatic heterocycles. The van der Waals surface area contributed by atoms with E-state index < -0.39 is 10.0 Å². The number of hydrogen-bond donors (Lipinski definition) is 2. The van der Waals surface area contributed by atoms with Gasteiger partial charge in [-0.1, -0.05) is 12.1 Å². The number of nitrogens with one attached hydrogen (secondary N) is 2. The van der Waals surface area contributed by atoms with E-state index in [9.17, 15) is 13.2 Å². The van der Waals surface area contributed by atoms with Gasteiger partial charge in [0.25, 0.3) is 5.91 Å². The first-order valence-electron chi connectivity index (χ1n) is 9.02. The lowest BCUT2D eigenvalue weighted by molar-refractivity contribution is 0.0678. The van der Waals surface area contributed by atoms with Crippen LogP contribution < -0.4 is 10.0 Å². The minimum absolute atomic E-state index is 0.0124. The summed E-state index contributed by atoms with van der Waals surface area (Å²) in [6.07, 6.45) is 2.71. The van der Waals surface area contributed by atoms with Gasteiger partial charge in [-0.2, -0.15) is 9.82 Å². The van der Waals surface area contributed by atoms with Crippen LogP contribution in [0, 0.1) is 12.8 Å².